The first-order valence-corrected chi connectivity index (χ1v) is 8.66. The van der Waals surface area contributed by atoms with Crippen LogP contribution >= 0.6 is 23.2 Å². The Bertz CT molecular complexity index is 934. The monoisotopic (exact) mass is 386 g/mol. The molecule has 132 valence electrons. The molecule has 0 aliphatic heterocycles. The third-order valence-corrected chi connectivity index (χ3v) is 4.40. The number of amides is 1. The zero-order valence-electron chi connectivity index (χ0n) is 14.0. The number of nitrogens with zero attached hydrogens (tertiary/aromatic N) is 3. The normalized spacial score (nSPS) is 11.0. The van der Waals surface area contributed by atoms with Crippen LogP contribution in [0.15, 0.2) is 59.7 Å². The number of hydrazone groups is 1. The third kappa shape index (κ3) is 4.31. The second-order valence-corrected chi connectivity index (χ2v) is 6.43. The van der Waals surface area contributed by atoms with Crippen LogP contribution in [-0.2, 0) is 6.54 Å². The van der Waals surface area contributed by atoms with Gasteiger partial charge < -0.3 is 0 Å². The lowest BCUT2D eigenvalue weighted by atomic mass is 10.2. The third-order valence-electron chi connectivity index (χ3n) is 3.75. The van der Waals surface area contributed by atoms with Gasteiger partial charge in [0.05, 0.1) is 24.0 Å². The fourth-order valence-corrected chi connectivity index (χ4v) is 2.80. The molecule has 0 saturated carbocycles. The molecule has 0 fully saturated rings. The molecule has 0 unspecified atom stereocenters. The zero-order valence-corrected chi connectivity index (χ0v) is 15.5. The number of benzene rings is 2. The number of halogens is 2. The van der Waals surface area contributed by atoms with Gasteiger partial charge in [0.1, 0.15) is 5.15 Å². The van der Waals surface area contributed by atoms with Crippen LogP contribution in [0.5, 0.6) is 0 Å². The van der Waals surface area contributed by atoms with Crippen molar-refractivity contribution in [3.05, 3.63) is 87.2 Å². The molecule has 7 heteroatoms. The fourth-order valence-electron chi connectivity index (χ4n) is 2.39. The Morgan fingerprint density at radius 1 is 1.15 bits per heavy atom. The predicted octanol–water partition coefficient (Wildman–Crippen LogP) is 4.31. The Morgan fingerprint density at radius 2 is 1.85 bits per heavy atom. The molecule has 0 spiro atoms. The molecule has 0 saturated heterocycles. The van der Waals surface area contributed by atoms with Gasteiger partial charge in [0.2, 0.25) is 0 Å². The molecule has 1 N–H and O–H groups in total. The van der Waals surface area contributed by atoms with Gasteiger partial charge in [-0.3, -0.25) is 4.79 Å². The van der Waals surface area contributed by atoms with E-state index in [9.17, 15) is 4.79 Å². The number of aryl methyl sites for hydroxylation is 1. The minimum absolute atomic E-state index is 0.288. The van der Waals surface area contributed by atoms with E-state index in [1.165, 1.54) is 6.21 Å². The van der Waals surface area contributed by atoms with E-state index in [0.29, 0.717) is 27.8 Å². The quantitative estimate of drug-likeness (QED) is 0.524. The summed E-state index contributed by atoms with van der Waals surface area (Å²) >= 11 is 12.3. The Hall–Kier alpha value is -2.63. The van der Waals surface area contributed by atoms with Crippen molar-refractivity contribution in [2.24, 2.45) is 5.10 Å². The number of carbonyl (C=O) groups is 1. The topological polar surface area (TPSA) is 59.3 Å². The zero-order chi connectivity index (χ0) is 18.5. The smallest absolute Gasteiger partial charge is 0.267 e. The second-order valence-electron chi connectivity index (χ2n) is 5.64. The van der Waals surface area contributed by atoms with Crippen molar-refractivity contribution in [3.63, 3.8) is 0 Å². The standard InChI is InChI=1S/C19H16Cl2N4O/c1-13-17(11-22-23-19(26)15-5-3-2-4-6-15)18(21)25(24-13)12-14-7-9-16(20)10-8-14/h2-11H,12H2,1H3,(H,23,26)/b22-11+. The van der Waals surface area contributed by atoms with E-state index in [0.717, 1.165) is 11.3 Å². The highest BCUT2D eigenvalue weighted by Gasteiger charge is 2.12. The lowest BCUT2D eigenvalue weighted by Gasteiger charge is -2.03. The molecule has 0 aliphatic carbocycles. The number of aromatic nitrogens is 2. The Morgan fingerprint density at radius 3 is 2.54 bits per heavy atom. The van der Waals surface area contributed by atoms with Gasteiger partial charge in [0.15, 0.2) is 0 Å². The fraction of sp³-hybridized carbons (Fsp3) is 0.105. The minimum atomic E-state index is -0.288. The van der Waals surface area contributed by atoms with Crippen molar-refractivity contribution in [2.75, 3.05) is 0 Å². The summed E-state index contributed by atoms with van der Waals surface area (Å²) in [5.41, 5.74) is 5.43. The highest BCUT2D eigenvalue weighted by atomic mass is 35.5. The molecular weight excluding hydrogens is 371 g/mol. The summed E-state index contributed by atoms with van der Waals surface area (Å²) in [5, 5.41) is 9.56. The van der Waals surface area contributed by atoms with Crippen LogP contribution in [-0.4, -0.2) is 21.9 Å². The summed E-state index contributed by atoms with van der Waals surface area (Å²) in [7, 11) is 0. The molecule has 5 nitrogen and oxygen atoms in total. The molecular formula is C19H16Cl2N4O. The van der Waals surface area contributed by atoms with E-state index >= 15 is 0 Å². The number of rotatable bonds is 5. The van der Waals surface area contributed by atoms with Crippen LogP contribution in [0.25, 0.3) is 0 Å². The molecule has 1 amide bonds. The first kappa shape index (κ1) is 18.2. The largest absolute Gasteiger partial charge is 0.271 e. The maximum atomic E-state index is 12.0. The number of carbonyl (C=O) groups excluding carboxylic acids is 1. The first-order valence-electron chi connectivity index (χ1n) is 7.90. The SMILES string of the molecule is Cc1nn(Cc2ccc(Cl)cc2)c(Cl)c1/C=N/NC(=O)c1ccccc1. The maximum absolute atomic E-state index is 12.0. The van der Waals surface area contributed by atoms with Crippen LogP contribution in [0.2, 0.25) is 10.2 Å². The number of hydrogen-bond donors (Lipinski definition) is 1. The van der Waals surface area contributed by atoms with Crippen molar-refractivity contribution in [1.82, 2.24) is 15.2 Å². The molecule has 3 rings (SSSR count). The first-order chi connectivity index (χ1) is 12.5. The molecule has 0 aliphatic rings. The molecule has 0 atom stereocenters. The van der Waals surface area contributed by atoms with E-state index in [2.05, 4.69) is 15.6 Å². The molecule has 26 heavy (non-hydrogen) atoms. The van der Waals surface area contributed by atoms with Crippen molar-refractivity contribution >= 4 is 35.3 Å². The van der Waals surface area contributed by atoms with Gasteiger partial charge in [-0.25, -0.2) is 10.1 Å². The summed E-state index contributed by atoms with van der Waals surface area (Å²) in [6.45, 7) is 2.35. The van der Waals surface area contributed by atoms with E-state index < -0.39 is 0 Å². The van der Waals surface area contributed by atoms with Gasteiger partial charge in [-0.15, -0.1) is 0 Å². The highest BCUT2D eigenvalue weighted by molar-refractivity contribution is 6.32. The van der Waals surface area contributed by atoms with Crippen LogP contribution in [0.1, 0.15) is 27.2 Å². The van der Waals surface area contributed by atoms with E-state index in [1.807, 2.05) is 37.3 Å². The average molecular weight is 387 g/mol. The van der Waals surface area contributed by atoms with Crippen LogP contribution in [0.3, 0.4) is 0 Å². The summed E-state index contributed by atoms with van der Waals surface area (Å²) in [6.07, 6.45) is 1.50. The van der Waals surface area contributed by atoms with Gasteiger partial charge in [-0.1, -0.05) is 53.5 Å². The van der Waals surface area contributed by atoms with Crippen molar-refractivity contribution in [3.8, 4) is 0 Å². The Labute approximate surface area is 161 Å². The van der Waals surface area contributed by atoms with Crippen molar-refractivity contribution in [2.45, 2.75) is 13.5 Å². The summed E-state index contributed by atoms with van der Waals surface area (Å²) in [4.78, 5) is 12.0. The van der Waals surface area contributed by atoms with Crippen molar-refractivity contribution < 1.29 is 4.79 Å². The molecule has 0 radical (unpaired) electrons. The molecule has 0 bridgehead atoms. The van der Waals surface area contributed by atoms with Crippen LogP contribution in [0, 0.1) is 6.92 Å². The molecule has 1 heterocycles. The Kier molecular flexibility index (Phi) is 5.71. The van der Waals surface area contributed by atoms with Gasteiger partial charge in [0, 0.05) is 10.6 Å². The van der Waals surface area contributed by atoms with Gasteiger partial charge in [-0.05, 0) is 36.8 Å². The predicted molar refractivity (Wildman–Crippen MR) is 104 cm³/mol. The molecule has 2 aromatic carbocycles. The molecule has 1 aromatic heterocycles. The van der Waals surface area contributed by atoms with Crippen LogP contribution < -0.4 is 5.43 Å². The summed E-state index contributed by atoms with van der Waals surface area (Å²) in [6, 6.07) is 16.3. The maximum Gasteiger partial charge on any atom is 0.271 e. The lowest BCUT2D eigenvalue weighted by molar-refractivity contribution is 0.0955. The average Bonchev–Trinajstić information content (AvgIpc) is 2.91. The van der Waals surface area contributed by atoms with E-state index in [4.69, 9.17) is 23.2 Å². The van der Waals surface area contributed by atoms with Crippen molar-refractivity contribution in [1.29, 1.82) is 0 Å². The van der Waals surface area contributed by atoms with Gasteiger partial charge >= 0.3 is 0 Å². The van der Waals surface area contributed by atoms with Gasteiger partial charge in [0.25, 0.3) is 5.91 Å². The summed E-state index contributed by atoms with van der Waals surface area (Å²) in [5.74, 6) is -0.288. The van der Waals surface area contributed by atoms with Crippen LogP contribution in [0.4, 0.5) is 0 Å². The Balaban J connectivity index is 1.71. The summed E-state index contributed by atoms with van der Waals surface area (Å²) < 4.78 is 1.68. The van der Waals surface area contributed by atoms with E-state index in [-0.39, 0.29) is 5.91 Å². The number of hydrogen-bond acceptors (Lipinski definition) is 3. The highest BCUT2D eigenvalue weighted by Crippen LogP contribution is 2.20. The van der Waals surface area contributed by atoms with E-state index in [1.54, 1.807) is 28.9 Å². The second kappa shape index (κ2) is 8.17. The molecule has 3 aromatic rings. The lowest BCUT2D eigenvalue weighted by Crippen LogP contribution is -2.17. The number of nitrogens with one attached hydrogen (secondary N) is 1. The minimum Gasteiger partial charge on any atom is -0.267 e. The van der Waals surface area contributed by atoms with Gasteiger partial charge in [-0.2, -0.15) is 10.2 Å².